The second-order valence-electron chi connectivity index (χ2n) is 4.39. The quantitative estimate of drug-likeness (QED) is 0.839. The summed E-state index contributed by atoms with van der Waals surface area (Å²) < 4.78 is 0. The smallest absolute Gasteiger partial charge is 0.248 e. The molecule has 0 unspecified atom stereocenters. The van der Waals surface area contributed by atoms with Crippen LogP contribution < -0.4 is 5.73 Å². The Morgan fingerprint density at radius 1 is 1.32 bits per heavy atom. The van der Waals surface area contributed by atoms with E-state index in [0.717, 1.165) is 5.56 Å². The predicted octanol–water partition coefficient (Wildman–Crippen LogP) is 1.41. The average Bonchev–Trinajstić information content (AvgIpc) is 2.85. The summed E-state index contributed by atoms with van der Waals surface area (Å²) in [7, 11) is 0. The number of amides is 1. The first-order valence-electron chi connectivity index (χ1n) is 5.87. The lowest BCUT2D eigenvalue weighted by atomic mass is 10.1. The van der Waals surface area contributed by atoms with Crippen LogP contribution in [0.15, 0.2) is 35.9 Å². The summed E-state index contributed by atoms with van der Waals surface area (Å²) in [6.45, 7) is 4.62. The molecule has 98 valence electrons. The van der Waals surface area contributed by atoms with Gasteiger partial charge in [-0.05, 0) is 31.2 Å². The minimum Gasteiger partial charge on any atom is -0.366 e. The molecule has 6 nitrogen and oxygen atoms in total. The molecule has 1 aromatic carbocycles. The van der Waals surface area contributed by atoms with Crippen LogP contribution in [0.25, 0.3) is 11.4 Å². The Morgan fingerprint density at radius 3 is 2.58 bits per heavy atom. The summed E-state index contributed by atoms with van der Waals surface area (Å²) in [4.78, 5) is 12.5. The Hall–Kier alpha value is -2.50. The zero-order valence-electron chi connectivity index (χ0n) is 10.9. The fourth-order valence-electron chi connectivity index (χ4n) is 1.48. The summed E-state index contributed by atoms with van der Waals surface area (Å²) in [6.07, 6.45) is 2.02. The van der Waals surface area contributed by atoms with Gasteiger partial charge in [0.05, 0.1) is 6.54 Å². The van der Waals surface area contributed by atoms with Gasteiger partial charge in [-0.2, -0.15) is 4.80 Å². The Balaban J connectivity index is 2.18. The molecule has 1 heterocycles. The number of rotatable bonds is 4. The molecule has 0 saturated heterocycles. The highest BCUT2D eigenvalue weighted by Gasteiger charge is 2.06. The van der Waals surface area contributed by atoms with E-state index in [2.05, 4.69) is 15.4 Å². The molecule has 0 aliphatic carbocycles. The van der Waals surface area contributed by atoms with Gasteiger partial charge in [-0.1, -0.05) is 23.8 Å². The van der Waals surface area contributed by atoms with Crippen molar-refractivity contribution in [1.29, 1.82) is 0 Å². The molecular formula is C13H15N5O. The highest BCUT2D eigenvalue weighted by Crippen LogP contribution is 2.14. The van der Waals surface area contributed by atoms with Crippen molar-refractivity contribution in [3.05, 3.63) is 41.5 Å². The van der Waals surface area contributed by atoms with E-state index in [1.165, 1.54) is 10.4 Å². The van der Waals surface area contributed by atoms with Crippen molar-refractivity contribution in [3.8, 4) is 11.4 Å². The van der Waals surface area contributed by atoms with E-state index < -0.39 is 5.91 Å². The van der Waals surface area contributed by atoms with Crippen molar-refractivity contribution >= 4 is 5.91 Å². The molecule has 2 N–H and O–H groups in total. The molecule has 0 aliphatic heterocycles. The predicted molar refractivity (Wildman–Crippen MR) is 71.2 cm³/mol. The van der Waals surface area contributed by atoms with Gasteiger partial charge in [0.15, 0.2) is 0 Å². The van der Waals surface area contributed by atoms with Crippen molar-refractivity contribution in [2.75, 3.05) is 0 Å². The lowest BCUT2D eigenvalue weighted by Gasteiger charge is -1.97. The van der Waals surface area contributed by atoms with Crippen molar-refractivity contribution in [2.45, 2.75) is 20.4 Å². The van der Waals surface area contributed by atoms with Crippen molar-refractivity contribution in [2.24, 2.45) is 5.73 Å². The Labute approximate surface area is 110 Å². The third-order valence-electron chi connectivity index (χ3n) is 2.54. The lowest BCUT2D eigenvalue weighted by Crippen LogP contribution is -2.10. The van der Waals surface area contributed by atoms with Crippen LogP contribution in [0.4, 0.5) is 0 Å². The fourth-order valence-corrected chi connectivity index (χ4v) is 1.48. The van der Waals surface area contributed by atoms with E-state index in [1.807, 2.05) is 19.9 Å². The van der Waals surface area contributed by atoms with Gasteiger partial charge in [0.2, 0.25) is 11.7 Å². The van der Waals surface area contributed by atoms with Crippen LogP contribution in [0.3, 0.4) is 0 Å². The summed E-state index contributed by atoms with van der Waals surface area (Å²) in [6, 6.07) is 6.80. The molecule has 0 aliphatic rings. The van der Waals surface area contributed by atoms with Gasteiger partial charge >= 0.3 is 0 Å². The van der Waals surface area contributed by atoms with Gasteiger partial charge in [-0.3, -0.25) is 4.79 Å². The Morgan fingerprint density at radius 2 is 2.00 bits per heavy atom. The second kappa shape index (κ2) is 5.43. The number of hydrogen-bond acceptors (Lipinski definition) is 4. The number of aromatic nitrogens is 4. The highest BCUT2D eigenvalue weighted by atomic mass is 16.1. The molecule has 0 atom stereocenters. The number of nitrogens with zero attached hydrogens (tertiary/aromatic N) is 4. The zero-order valence-corrected chi connectivity index (χ0v) is 10.9. The second-order valence-corrected chi connectivity index (χ2v) is 4.39. The minimum atomic E-state index is -0.452. The number of nitrogens with two attached hydrogens (primary N) is 1. The zero-order chi connectivity index (χ0) is 13.8. The van der Waals surface area contributed by atoms with Crippen LogP contribution in [0.5, 0.6) is 0 Å². The normalized spacial score (nSPS) is 10.2. The van der Waals surface area contributed by atoms with Crippen LogP contribution in [0.1, 0.15) is 24.2 Å². The molecule has 2 aromatic rings. The summed E-state index contributed by atoms with van der Waals surface area (Å²) in [5.41, 5.74) is 7.64. The summed E-state index contributed by atoms with van der Waals surface area (Å²) in [5, 5.41) is 12.2. The molecule has 0 bridgehead atoms. The number of hydrogen-bond donors (Lipinski definition) is 1. The van der Waals surface area contributed by atoms with Crippen molar-refractivity contribution < 1.29 is 4.79 Å². The maximum atomic E-state index is 11.0. The molecule has 2 rings (SSSR count). The summed E-state index contributed by atoms with van der Waals surface area (Å²) in [5.74, 6) is 0.0740. The molecule has 6 heteroatoms. The average molecular weight is 257 g/mol. The van der Waals surface area contributed by atoms with Crippen LogP contribution in [-0.4, -0.2) is 26.1 Å². The van der Waals surface area contributed by atoms with Gasteiger partial charge in [0.1, 0.15) is 0 Å². The monoisotopic (exact) mass is 257 g/mol. The minimum absolute atomic E-state index is 0.452. The van der Waals surface area contributed by atoms with E-state index in [-0.39, 0.29) is 0 Å². The van der Waals surface area contributed by atoms with Crippen LogP contribution in [-0.2, 0) is 6.54 Å². The van der Waals surface area contributed by atoms with E-state index in [1.54, 1.807) is 24.3 Å². The topological polar surface area (TPSA) is 86.7 Å². The third-order valence-corrected chi connectivity index (χ3v) is 2.54. The van der Waals surface area contributed by atoms with E-state index in [9.17, 15) is 4.79 Å². The maximum absolute atomic E-state index is 11.0. The maximum Gasteiger partial charge on any atom is 0.248 e. The summed E-state index contributed by atoms with van der Waals surface area (Å²) >= 11 is 0. The molecule has 1 amide bonds. The van der Waals surface area contributed by atoms with Gasteiger partial charge in [0, 0.05) is 11.1 Å². The highest BCUT2D eigenvalue weighted by molar-refractivity contribution is 5.93. The number of carbonyl (C=O) groups is 1. The first-order chi connectivity index (χ1) is 9.06. The largest absolute Gasteiger partial charge is 0.366 e. The van der Waals surface area contributed by atoms with Crippen molar-refractivity contribution in [3.63, 3.8) is 0 Å². The SMILES string of the molecule is CC(C)=CCn1nnc(-c2ccc(C(N)=O)cc2)n1. The molecule has 0 radical (unpaired) electrons. The van der Waals surface area contributed by atoms with Gasteiger partial charge in [-0.25, -0.2) is 0 Å². The van der Waals surface area contributed by atoms with Gasteiger partial charge in [0.25, 0.3) is 0 Å². The number of tetrazole rings is 1. The fraction of sp³-hybridized carbons (Fsp3) is 0.231. The van der Waals surface area contributed by atoms with E-state index in [4.69, 9.17) is 5.73 Å². The Kier molecular flexibility index (Phi) is 3.70. The number of carbonyl (C=O) groups excluding carboxylic acids is 1. The Bertz CT molecular complexity index is 608. The van der Waals surface area contributed by atoms with Gasteiger partial charge < -0.3 is 5.73 Å². The molecule has 0 spiro atoms. The standard InChI is InChI=1S/C13H15N5O/c1-9(2)7-8-18-16-13(15-17-18)11-5-3-10(4-6-11)12(14)19/h3-7H,8H2,1-2H3,(H2,14,19). The third kappa shape index (κ3) is 3.25. The first-order valence-corrected chi connectivity index (χ1v) is 5.87. The molecule has 0 saturated carbocycles. The van der Waals surface area contributed by atoms with Crippen LogP contribution in [0, 0.1) is 0 Å². The van der Waals surface area contributed by atoms with E-state index in [0.29, 0.717) is 17.9 Å². The van der Waals surface area contributed by atoms with Crippen molar-refractivity contribution in [1.82, 2.24) is 20.2 Å². The van der Waals surface area contributed by atoms with Crippen LogP contribution >= 0.6 is 0 Å². The molecule has 19 heavy (non-hydrogen) atoms. The molecule has 1 aromatic heterocycles. The molecule has 0 fully saturated rings. The number of primary amides is 1. The van der Waals surface area contributed by atoms with Crippen LogP contribution in [0.2, 0.25) is 0 Å². The first kappa shape index (κ1) is 12.9. The van der Waals surface area contributed by atoms with Gasteiger partial charge in [-0.15, -0.1) is 10.2 Å². The van der Waals surface area contributed by atoms with E-state index >= 15 is 0 Å². The number of benzene rings is 1. The molecular weight excluding hydrogens is 242 g/mol. The number of allylic oxidation sites excluding steroid dienone is 2. The lowest BCUT2D eigenvalue weighted by molar-refractivity contribution is 0.100.